The molecule has 14 heteroatoms. The fraction of sp³-hybridized carbons (Fsp3) is 0.174. The molecule has 0 aliphatic carbocycles. The first kappa shape index (κ1) is 27.4. The molecule has 3 rings (SSSR count). The number of nitro benzene ring substituents is 1. The van der Waals surface area contributed by atoms with E-state index in [0.717, 1.165) is 16.6 Å². The number of methoxy groups -OCH3 is 1. The number of sulfonamides is 2. The molecule has 0 unspecified atom stereocenters. The zero-order chi connectivity index (χ0) is 27.4. The Kier molecular flexibility index (Phi) is 8.03. The maximum absolute atomic E-state index is 12.7. The minimum Gasteiger partial charge on any atom is -0.497 e. The van der Waals surface area contributed by atoms with E-state index in [2.05, 4.69) is 10.0 Å². The van der Waals surface area contributed by atoms with Gasteiger partial charge in [0, 0.05) is 23.5 Å². The lowest BCUT2D eigenvalue weighted by molar-refractivity contribution is -0.384. The predicted octanol–water partition coefficient (Wildman–Crippen LogP) is 3.12. The molecule has 0 heterocycles. The molecule has 37 heavy (non-hydrogen) atoms. The van der Waals surface area contributed by atoms with Gasteiger partial charge in [0.25, 0.3) is 15.7 Å². The van der Waals surface area contributed by atoms with Crippen molar-refractivity contribution < 1.29 is 31.3 Å². The predicted molar refractivity (Wildman–Crippen MR) is 139 cm³/mol. The van der Waals surface area contributed by atoms with Crippen LogP contribution in [-0.4, -0.2) is 47.6 Å². The van der Waals surface area contributed by atoms with Gasteiger partial charge in [0.2, 0.25) is 15.9 Å². The molecule has 2 N–H and O–H groups in total. The maximum Gasteiger partial charge on any atom is 0.271 e. The number of amides is 1. The summed E-state index contributed by atoms with van der Waals surface area (Å²) in [4.78, 5) is 23.1. The van der Waals surface area contributed by atoms with Crippen molar-refractivity contribution in [3.63, 3.8) is 0 Å². The summed E-state index contributed by atoms with van der Waals surface area (Å²) in [5, 5.41) is 13.6. The number of anilines is 3. The van der Waals surface area contributed by atoms with Gasteiger partial charge in [0.1, 0.15) is 12.3 Å². The molecule has 3 aromatic rings. The van der Waals surface area contributed by atoms with Crippen LogP contribution in [0, 0.1) is 17.0 Å². The Morgan fingerprint density at radius 3 is 2.11 bits per heavy atom. The van der Waals surface area contributed by atoms with Crippen LogP contribution in [0.2, 0.25) is 0 Å². The van der Waals surface area contributed by atoms with Crippen LogP contribution in [0.4, 0.5) is 22.7 Å². The Labute approximate surface area is 214 Å². The Morgan fingerprint density at radius 1 is 0.973 bits per heavy atom. The molecule has 1 amide bonds. The Balaban J connectivity index is 1.74. The van der Waals surface area contributed by atoms with E-state index in [9.17, 15) is 31.7 Å². The average molecular weight is 549 g/mol. The van der Waals surface area contributed by atoms with E-state index in [1.807, 2.05) is 0 Å². The molecule has 0 radical (unpaired) electrons. The lowest BCUT2D eigenvalue weighted by atomic mass is 10.2. The molecule has 0 saturated carbocycles. The van der Waals surface area contributed by atoms with Crippen molar-refractivity contribution >= 4 is 48.7 Å². The first-order valence-electron chi connectivity index (χ1n) is 10.6. The highest BCUT2D eigenvalue weighted by Crippen LogP contribution is 2.27. The molecule has 0 bridgehead atoms. The first-order valence-corrected chi connectivity index (χ1v) is 13.9. The van der Waals surface area contributed by atoms with Gasteiger partial charge in [-0.05, 0) is 61.0 Å². The maximum atomic E-state index is 12.7. The van der Waals surface area contributed by atoms with Gasteiger partial charge in [-0.3, -0.25) is 23.9 Å². The Morgan fingerprint density at radius 2 is 1.57 bits per heavy atom. The number of hydrogen-bond acceptors (Lipinski definition) is 8. The summed E-state index contributed by atoms with van der Waals surface area (Å²) in [6.07, 6.45) is 0.883. The number of nitrogens with one attached hydrogen (secondary N) is 2. The topological polar surface area (TPSA) is 165 Å². The third-order valence-corrected chi connectivity index (χ3v) is 7.67. The van der Waals surface area contributed by atoms with Crippen LogP contribution in [0.25, 0.3) is 0 Å². The second-order valence-corrected chi connectivity index (χ2v) is 11.5. The smallest absolute Gasteiger partial charge is 0.271 e. The van der Waals surface area contributed by atoms with E-state index in [1.54, 1.807) is 31.2 Å². The van der Waals surface area contributed by atoms with Crippen molar-refractivity contribution in [2.75, 3.05) is 34.3 Å². The monoisotopic (exact) mass is 548 g/mol. The van der Waals surface area contributed by atoms with Gasteiger partial charge in [0.15, 0.2) is 0 Å². The van der Waals surface area contributed by atoms with Crippen LogP contribution in [0.3, 0.4) is 0 Å². The molecule has 0 saturated heterocycles. The molecule has 0 atom stereocenters. The summed E-state index contributed by atoms with van der Waals surface area (Å²) < 4.78 is 58.3. The highest BCUT2D eigenvalue weighted by molar-refractivity contribution is 7.92. The fourth-order valence-electron chi connectivity index (χ4n) is 3.28. The van der Waals surface area contributed by atoms with Crippen LogP contribution < -0.4 is 19.1 Å². The number of hydrogen-bond donors (Lipinski definition) is 2. The van der Waals surface area contributed by atoms with Crippen LogP contribution in [0.15, 0.2) is 71.6 Å². The minimum atomic E-state index is -3.98. The number of carbonyl (C=O) groups is 1. The third kappa shape index (κ3) is 6.95. The third-order valence-electron chi connectivity index (χ3n) is 5.15. The number of aryl methyl sites for hydroxylation is 1. The lowest BCUT2D eigenvalue weighted by Gasteiger charge is -2.23. The van der Waals surface area contributed by atoms with Gasteiger partial charge in [-0.15, -0.1) is 0 Å². The number of non-ortho nitro benzene ring substituents is 1. The standard InChI is InChI=1S/C23H24N4O8S2/c1-16-4-9-19(27(29)30)14-22(16)26(36(3,31)32)15-23(28)24-17-7-12-21(13-8-17)37(33,34)25-18-5-10-20(35-2)11-6-18/h4-14,25H,15H2,1-3H3,(H,24,28). The summed E-state index contributed by atoms with van der Waals surface area (Å²) in [5.41, 5.74) is 0.642. The minimum absolute atomic E-state index is 0.00195. The van der Waals surface area contributed by atoms with Gasteiger partial charge in [-0.2, -0.15) is 0 Å². The van der Waals surface area contributed by atoms with Crippen LogP contribution in [-0.2, 0) is 24.8 Å². The quantitative estimate of drug-likeness (QED) is 0.288. The molecule has 0 aliphatic rings. The summed E-state index contributed by atoms with van der Waals surface area (Å²) in [5.74, 6) is -0.165. The van der Waals surface area contributed by atoms with Crippen molar-refractivity contribution in [2.24, 2.45) is 0 Å². The van der Waals surface area contributed by atoms with E-state index >= 15 is 0 Å². The molecule has 0 aromatic heterocycles. The van der Waals surface area contributed by atoms with Crippen molar-refractivity contribution in [2.45, 2.75) is 11.8 Å². The second-order valence-electron chi connectivity index (χ2n) is 7.90. The van der Waals surface area contributed by atoms with Gasteiger partial charge in [-0.1, -0.05) is 6.07 Å². The Hall–Kier alpha value is -4.17. The van der Waals surface area contributed by atoms with E-state index < -0.39 is 37.4 Å². The molecule has 3 aromatic carbocycles. The molecule has 0 spiro atoms. The Bertz CT molecular complexity index is 1520. The summed E-state index contributed by atoms with van der Waals surface area (Å²) >= 11 is 0. The molecule has 196 valence electrons. The number of benzene rings is 3. The summed E-state index contributed by atoms with van der Waals surface area (Å²) in [6.45, 7) is 0.911. The molecular weight excluding hydrogens is 524 g/mol. The normalized spacial score (nSPS) is 11.4. The zero-order valence-electron chi connectivity index (χ0n) is 20.0. The lowest BCUT2D eigenvalue weighted by Crippen LogP contribution is -2.37. The first-order chi connectivity index (χ1) is 17.3. The second kappa shape index (κ2) is 10.8. The van der Waals surface area contributed by atoms with Crippen LogP contribution in [0.1, 0.15) is 5.56 Å². The van der Waals surface area contributed by atoms with E-state index in [-0.39, 0.29) is 22.0 Å². The fourth-order valence-corrected chi connectivity index (χ4v) is 5.25. The number of ether oxygens (including phenoxy) is 1. The van der Waals surface area contributed by atoms with Gasteiger partial charge >= 0.3 is 0 Å². The molecule has 0 fully saturated rings. The molecular formula is C23H24N4O8S2. The summed E-state index contributed by atoms with van der Waals surface area (Å²) in [6, 6.07) is 15.3. The van der Waals surface area contributed by atoms with Crippen molar-refractivity contribution in [1.82, 2.24) is 0 Å². The van der Waals surface area contributed by atoms with Gasteiger partial charge in [0.05, 0.1) is 28.9 Å². The SMILES string of the molecule is COc1ccc(NS(=O)(=O)c2ccc(NC(=O)CN(c3cc([N+](=O)[O-])ccc3C)S(C)(=O)=O)cc2)cc1. The molecule has 12 nitrogen and oxygen atoms in total. The highest BCUT2D eigenvalue weighted by atomic mass is 32.2. The number of nitro groups is 1. The highest BCUT2D eigenvalue weighted by Gasteiger charge is 2.24. The van der Waals surface area contributed by atoms with E-state index in [1.165, 1.54) is 43.5 Å². The van der Waals surface area contributed by atoms with Crippen molar-refractivity contribution in [1.29, 1.82) is 0 Å². The van der Waals surface area contributed by atoms with E-state index in [0.29, 0.717) is 17.0 Å². The van der Waals surface area contributed by atoms with Crippen LogP contribution in [0.5, 0.6) is 5.75 Å². The van der Waals surface area contributed by atoms with Gasteiger partial charge in [-0.25, -0.2) is 16.8 Å². The van der Waals surface area contributed by atoms with Crippen LogP contribution >= 0.6 is 0 Å². The number of nitrogens with zero attached hydrogens (tertiary/aromatic N) is 2. The van der Waals surface area contributed by atoms with E-state index in [4.69, 9.17) is 4.74 Å². The largest absolute Gasteiger partial charge is 0.497 e. The van der Waals surface area contributed by atoms with Gasteiger partial charge < -0.3 is 10.1 Å². The average Bonchev–Trinajstić information content (AvgIpc) is 2.83. The van der Waals surface area contributed by atoms with Crippen molar-refractivity contribution in [3.05, 3.63) is 82.4 Å². The molecule has 0 aliphatic heterocycles. The number of carbonyl (C=O) groups excluding carboxylic acids is 1. The summed E-state index contributed by atoms with van der Waals surface area (Å²) in [7, 11) is -6.40. The zero-order valence-corrected chi connectivity index (χ0v) is 21.7. The number of rotatable bonds is 10. The van der Waals surface area contributed by atoms with Crippen molar-refractivity contribution in [3.8, 4) is 5.75 Å².